The van der Waals surface area contributed by atoms with Crippen LogP contribution >= 0.6 is 0 Å². The zero-order chi connectivity index (χ0) is 14.5. The van der Waals surface area contributed by atoms with Gasteiger partial charge < -0.3 is 14.6 Å². The van der Waals surface area contributed by atoms with Crippen molar-refractivity contribution in [3.05, 3.63) is 41.8 Å². The van der Waals surface area contributed by atoms with E-state index in [9.17, 15) is 4.39 Å². The smallest absolute Gasteiger partial charge is 0.226 e. The van der Waals surface area contributed by atoms with Gasteiger partial charge in [0.05, 0.1) is 0 Å². The molecule has 1 aliphatic heterocycles. The molecule has 0 saturated carbocycles. The Labute approximate surface area is 122 Å². The average molecular weight is 291 g/mol. The third-order valence-corrected chi connectivity index (χ3v) is 3.63. The minimum absolute atomic E-state index is 0.107. The van der Waals surface area contributed by atoms with Crippen molar-refractivity contribution in [1.82, 2.24) is 15.5 Å². The standard InChI is InChI=1S/C15H18FN3O2/c16-12-3-1-2-4-13(12)20-10-14-18-15(21-19-14)6-5-11-7-8-17-9-11/h1-4,11,17H,5-10H2. The molecule has 1 aromatic carbocycles. The molecule has 112 valence electrons. The van der Waals surface area contributed by atoms with E-state index in [1.807, 2.05) is 0 Å². The first-order valence-electron chi connectivity index (χ1n) is 7.21. The van der Waals surface area contributed by atoms with E-state index in [1.165, 1.54) is 12.5 Å². The van der Waals surface area contributed by atoms with Gasteiger partial charge in [-0.2, -0.15) is 4.98 Å². The Hall–Kier alpha value is -1.95. The predicted octanol–water partition coefficient (Wildman–Crippen LogP) is 2.33. The average Bonchev–Trinajstić information content (AvgIpc) is 3.16. The number of para-hydroxylation sites is 1. The summed E-state index contributed by atoms with van der Waals surface area (Å²) in [6, 6.07) is 6.26. The zero-order valence-electron chi connectivity index (χ0n) is 11.7. The van der Waals surface area contributed by atoms with Crippen molar-refractivity contribution in [2.75, 3.05) is 13.1 Å². The highest BCUT2D eigenvalue weighted by Gasteiger charge is 2.16. The number of benzene rings is 1. The summed E-state index contributed by atoms with van der Waals surface area (Å²) in [5, 5.41) is 7.19. The van der Waals surface area contributed by atoms with Gasteiger partial charge in [-0.1, -0.05) is 17.3 Å². The Bertz CT molecular complexity index is 582. The molecule has 3 rings (SSSR count). The van der Waals surface area contributed by atoms with Gasteiger partial charge in [-0.05, 0) is 44.0 Å². The molecule has 2 aromatic rings. The van der Waals surface area contributed by atoms with Crippen LogP contribution in [0.2, 0.25) is 0 Å². The largest absolute Gasteiger partial charge is 0.482 e. The first-order chi connectivity index (χ1) is 10.3. The van der Waals surface area contributed by atoms with E-state index < -0.39 is 5.82 Å². The maximum Gasteiger partial charge on any atom is 0.226 e. The van der Waals surface area contributed by atoms with Gasteiger partial charge in [0.15, 0.2) is 18.2 Å². The Kier molecular flexibility index (Phi) is 4.45. The minimum Gasteiger partial charge on any atom is -0.482 e. The SMILES string of the molecule is Fc1ccccc1OCc1noc(CCC2CCNC2)n1. The molecule has 21 heavy (non-hydrogen) atoms. The highest BCUT2D eigenvalue weighted by Crippen LogP contribution is 2.17. The van der Waals surface area contributed by atoms with Crippen LogP contribution in [0, 0.1) is 11.7 Å². The first kappa shape index (κ1) is 14.0. The number of halogens is 1. The molecule has 0 bridgehead atoms. The van der Waals surface area contributed by atoms with Gasteiger partial charge >= 0.3 is 0 Å². The van der Waals surface area contributed by atoms with Gasteiger partial charge in [0.25, 0.3) is 0 Å². The molecule has 1 fully saturated rings. The fraction of sp³-hybridized carbons (Fsp3) is 0.467. The van der Waals surface area contributed by atoms with Crippen LogP contribution in [0.1, 0.15) is 24.6 Å². The predicted molar refractivity (Wildman–Crippen MR) is 74.3 cm³/mol. The van der Waals surface area contributed by atoms with Crippen LogP contribution in [0.15, 0.2) is 28.8 Å². The molecule has 0 radical (unpaired) electrons. The van der Waals surface area contributed by atoms with Crippen LogP contribution in [0.3, 0.4) is 0 Å². The normalized spacial score (nSPS) is 18.0. The second kappa shape index (κ2) is 6.67. The molecule has 0 amide bonds. The summed E-state index contributed by atoms with van der Waals surface area (Å²) in [6.45, 7) is 2.27. The van der Waals surface area contributed by atoms with Crippen molar-refractivity contribution in [3.63, 3.8) is 0 Å². The lowest BCUT2D eigenvalue weighted by molar-refractivity contribution is 0.272. The van der Waals surface area contributed by atoms with Gasteiger partial charge in [-0.25, -0.2) is 4.39 Å². The molecular formula is C15H18FN3O2. The van der Waals surface area contributed by atoms with Crippen molar-refractivity contribution in [3.8, 4) is 5.75 Å². The molecule has 1 atom stereocenters. The summed E-state index contributed by atoms with van der Waals surface area (Å²) in [7, 11) is 0. The number of hydrogen-bond acceptors (Lipinski definition) is 5. The lowest BCUT2D eigenvalue weighted by Gasteiger charge is -2.04. The Balaban J connectivity index is 1.49. The maximum atomic E-state index is 13.4. The van der Waals surface area contributed by atoms with Crippen molar-refractivity contribution < 1.29 is 13.7 Å². The molecular weight excluding hydrogens is 273 g/mol. The minimum atomic E-state index is -0.394. The molecule has 1 aromatic heterocycles. The monoisotopic (exact) mass is 291 g/mol. The van der Waals surface area contributed by atoms with E-state index in [4.69, 9.17) is 9.26 Å². The summed E-state index contributed by atoms with van der Waals surface area (Å²) in [5.41, 5.74) is 0. The topological polar surface area (TPSA) is 60.2 Å². The maximum absolute atomic E-state index is 13.4. The lowest BCUT2D eigenvalue weighted by atomic mass is 10.0. The second-order valence-corrected chi connectivity index (χ2v) is 5.22. The summed E-state index contributed by atoms with van der Waals surface area (Å²) >= 11 is 0. The molecule has 1 aliphatic rings. The summed E-state index contributed by atoms with van der Waals surface area (Å²) in [5.74, 6) is 1.55. The summed E-state index contributed by atoms with van der Waals surface area (Å²) in [4.78, 5) is 4.27. The van der Waals surface area contributed by atoms with Gasteiger partial charge in [0, 0.05) is 6.42 Å². The van der Waals surface area contributed by atoms with Gasteiger partial charge in [0.2, 0.25) is 11.7 Å². The second-order valence-electron chi connectivity index (χ2n) is 5.22. The quantitative estimate of drug-likeness (QED) is 0.885. The number of ether oxygens (including phenoxy) is 1. The highest BCUT2D eigenvalue weighted by molar-refractivity contribution is 5.23. The number of nitrogens with zero attached hydrogens (tertiary/aromatic N) is 2. The molecule has 0 spiro atoms. The molecule has 1 saturated heterocycles. The summed E-state index contributed by atoms with van der Waals surface area (Å²) in [6.07, 6.45) is 3.03. The Morgan fingerprint density at radius 3 is 3.10 bits per heavy atom. The van der Waals surface area contributed by atoms with Gasteiger partial charge in [-0.15, -0.1) is 0 Å². The number of rotatable bonds is 6. The molecule has 1 unspecified atom stereocenters. The third kappa shape index (κ3) is 3.78. The Morgan fingerprint density at radius 2 is 2.29 bits per heavy atom. The number of aryl methyl sites for hydroxylation is 1. The van der Waals surface area contributed by atoms with Crippen LogP contribution in [0.4, 0.5) is 4.39 Å². The highest BCUT2D eigenvalue weighted by atomic mass is 19.1. The number of aromatic nitrogens is 2. The fourth-order valence-corrected chi connectivity index (χ4v) is 2.44. The number of nitrogens with one attached hydrogen (secondary N) is 1. The van der Waals surface area contributed by atoms with Crippen molar-refractivity contribution in [1.29, 1.82) is 0 Å². The number of hydrogen-bond donors (Lipinski definition) is 1. The van der Waals surface area contributed by atoms with Crippen LogP contribution in [0.5, 0.6) is 5.75 Å². The third-order valence-electron chi connectivity index (χ3n) is 3.63. The molecule has 6 heteroatoms. The van der Waals surface area contributed by atoms with Crippen molar-refractivity contribution in [2.45, 2.75) is 25.9 Å². The van der Waals surface area contributed by atoms with Gasteiger partial charge in [0.1, 0.15) is 0 Å². The molecule has 5 nitrogen and oxygen atoms in total. The molecule has 1 N–H and O–H groups in total. The zero-order valence-corrected chi connectivity index (χ0v) is 11.7. The first-order valence-corrected chi connectivity index (χ1v) is 7.21. The van der Waals surface area contributed by atoms with Crippen LogP contribution in [-0.2, 0) is 13.0 Å². The van der Waals surface area contributed by atoms with Crippen LogP contribution in [0.25, 0.3) is 0 Å². The van der Waals surface area contributed by atoms with Crippen molar-refractivity contribution >= 4 is 0 Å². The molecule has 0 aliphatic carbocycles. The van der Waals surface area contributed by atoms with E-state index in [-0.39, 0.29) is 12.4 Å². The fourth-order valence-electron chi connectivity index (χ4n) is 2.44. The van der Waals surface area contributed by atoms with Crippen LogP contribution in [-0.4, -0.2) is 23.2 Å². The van der Waals surface area contributed by atoms with Gasteiger partial charge in [-0.3, -0.25) is 0 Å². The summed E-state index contributed by atoms with van der Waals surface area (Å²) < 4.78 is 23.9. The lowest BCUT2D eigenvalue weighted by Crippen LogP contribution is -2.09. The van der Waals surface area contributed by atoms with E-state index in [2.05, 4.69) is 15.5 Å². The van der Waals surface area contributed by atoms with E-state index >= 15 is 0 Å². The van der Waals surface area contributed by atoms with Crippen LogP contribution < -0.4 is 10.1 Å². The Morgan fingerprint density at radius 1 is 1.38 bits per heavy atom. The van der Waals surface area contributed by atoms with E-state index in [1.54, 1.807) is 18.2 Å². The van der Waals surface area contributed by atoms with E-state index in [0.29, 0.717) is 17.6 Å². The molecule has 2 heterocycles. The van der Waals surface area contributed by atoms with E-state index in [0.717, 1.165) is 25.9 Å². The van der Waals surface area contributed by atoms with Crippen molar-refractivity contribution in [2.24, 2.45) is 5.92 Å².